The summed E-state index contributed by atoms with van der Waals surface area (Å²) in [6.07, 6.45) is 1.59. The molecule has 5 heteroatoms. The smallest absolute Gasteiger partial charge is 0.237 e. The fourth-order valence-electron chi connectivity index (χ4n) is 1.74. The summed E-state index contributed by atoms with van der Waals surface area (Å²) in [6.45, 7) is 6.19. The van der Waals surface area contributed by atoms with Crippen molar-refractivity contribution in [1.29, 1.82) is 0 Å². The van der Waals surface area contributed by atoms with Crippen LogP contribution in [0.4, 0.5) is 5.69 Å². The summed E-state index contributed by atoms with van der Waals surface area (Å²) in [6, 6.07) is 3.93. The third kappa shape index (κ3) is 2.30. The molecule has 18 heavy (non-hydrogen) atoms. The lowest BCUT2D eigenvalue weighted by molar-refractivity contribution is 0.423. The summed E-state index contributed by atoms with van der Waals surface area (Å²) in [5, 5.41) is 7.64. The molecule has 0 atom stereocenters. The zero-order valence-electron chi connectivity index (χ0n) is 11.1. The highest BCUT2D eigenvalue weighted by atomic mass is 16.5. The van der Waals surface area contributed by atoms with E-state index in [9.17, 15) is 0 Å². The summed E-state index contributed by atoms with van der Waals surface area (Å²) < 4.78 is 7.45. The molecule has 1 heterocycles. The van der Waals surface area contributed by atoms with Crippen LogP contribution in [-0.2, 0) is 7.05 Å². The summed E-state index contributed by atoms with van der Waals surface area (Å²) >= 11 is 0. The summed E-state index contributed by atoms with van der Waals surface area (Å²) in [5.41, 5.74) is 8.82. The van der Waals surface area contributed by atoms with Gasteiger partial charge in [0.2, 0.25) is 5.88 Å². The van der Waals surface area contributed by atoms with Crippen molar-refractivity contribution in [2.45, 2.75) is 26.7 Å². The lowest BCUT2D eigenvalue weighted by atomic mass is 9.99. The van der Waals surface area contributed by atoms with Gasteiger partial charge in [0.1, 0.15) is 11.9 Å². The average molecular weight is 246 g/mol. The Morgan fingerprint density at radius 3 is 2.61 bits per heavy atom. The maximum atomic E-state index is 5.95. The quantitative estimate of drug-likeness (QED) is 0.845. The third-order valence-corrected chi connectivity index (χ3v) is 2.91. The second kappa shape index (κ2) is 4.68. The number of nitrogens with two attached hydrogens (primary N) is 1. The second-order valence-corrected chi connectivity index (χ2v) is 4.70. The van der Waals surface area contributed by atoms with Crippen LogP contribution < -0.4 is 10.5 Å². The molecule has 0 amide bonds. The maximum Gasteiger partial charge on any atom is 0.237 e. The molecule has 96 valence electrons. The lowest BCUT2D eigenvalue weighted by Crippen LogP contribution is -2.01. The largest absolute Gasteiger partial charge is 0.437 e. The number of aryl methyl sites for hydroxylation is 2. The highest BCUT2D eigenvalue weighted by molar-refractivity contribution is 5.55. The van der Waals surface area contributed by atoms with Gasteiger partial charge in [0.05, 0.1) is 0 Å². The van der Waals surface area contributed by atoms with Gasteiger partial charge < -0.3 is 10.5 Å². The molecular weight excluding hydrogens is 228 g/mol. The Balaban J connectivity index is 2.43. The molecule has 0 aliphatic rings. The van der Waals surface area contributed by atoms with E-state index in [-0.39, 0.29) is 0 Å². The number of hydrogen-bond acceptors (Lipinski definition) is 4. The molecule has 0 unspecified atom stereocenters. The minimum atomic E-state index is 0.337. The van der Waals surface area contributed by atoms with Crippen molar-refractivity contribution < 1.29 is 4.74 Å². The van der Waals surface area contributed by atoms with Crippen LogP contribution in [0.25, 0.3) is 0 Å². The predicted octanol–water partition coefficient (Wildman–Crippen LogP) is 2.62. The molecule has 2 aromatic rings. The van der Waals surface area contributed by atoms with Gasteiger partial charge in [-0.3, -0.25) is 0 Å². The number of benzene rings is 1. The van der Waals surface area contributed by atoms with Gasteiger partial charge in [-0.2, -0.15) is 0 Å². The van der Waals surface area contributed by atoms with E-state index >= 15 is 0 Å². The molecule has 0 bridgehead atoms. The first-order valence-corrected chi connectivity index (χ1v) is 5.91. The van der Waals surface area contributed by atoms with Crippen molar-refractivity contribution in [2.75, 3.05) is 5.73 Å². The number of nitrogen functional groups attached to an aromatic ring is 1. The number of rotatable bonds is 3. The lowest BCUT2D eigenvalue weighted by Gasteiger charge is -2.15. The Hall–Kier alpha value is -2.04. The van der Waals surface area contributed by atoms with Crippen LogP contribution in [0.5, 0.6) is 11.6 Å². The summed E-state index contributed by atoms with van der Waals surface area (Å²) in [4.78, 5) is 0. The number of aromatic nitrogens is 3. The fourth-order valence-corrected chi connectivity index (χ4v) is 1.74. The molecule has 1 aromatic carbocycles. The van der Waals surface area contributed by atoms with Gasteiger partial charge in [0.15, 0.2) is 0 Å². The van der Waals surface area contributed by atoms with Crippen LogP contribution >= 0.6 is 0 Å². The number of nitrogens with zero attached hydrogens (tertiary/aromatic N) is 3. The van der Waals surface area contributed by atoms with Gasteiger partial charge in [-0.25, -0.2) is 4.68 Å². The maximum absolute atomic E-state index is 5.95. The summed E-state index contributed by atoms with van der Waals surface area (Å²) in [7, 11) is 1.79. The van der Waals surface area contributed by atoms with E-state index in [4.69, 9.17) is 10.5 Å². The fraction of sp³-hybridized carbons (Fsp3) is 0.385. The third-order valence-electron chi connectivity index (χ3n) is 2.91. The highest BCUT2D eigenvalue weighted by Crippen LogP contribution is 2.33. The van der Waals surface area contributed by atoms with Crippen molar-refractivity contribution in [3.05, 3.63) is 29.5 Å². The van der Waals surface area contributed by atoms with E-state index in [1.165, 1.54) is 0 Å². The van der Waals surface area contributed by atoms with Crippen LogP contribution in [0.2, 0.25) is 0 Å². The zero-order chi connectivity index (χ0) is 13.3. The minimum absolute atomic E-state index is 0.337. The van der Waals surface area contributed by atoms with E-state index in [2.05, 4.69) is 24.2 Å². The molecule has 0 fully saturated rings. The highest BCUT2D eigenvalue weighted by Gasteiger charge is 2.13. The van der Waals surface area contributed by atoms with Gasteiger partial charge in [0.25, 0.3) is 0 Å². The molecule has 0 spiro atoms. The molecule has 2 rings (SSSR count). The van der Waals surface area contributed by atoms with Crippen LogP contribution in [0.15, 0.2) is 18.3 Å². The van der Waals surface area contributed by atoms with E-state index in [0.717, 1.165) is 22.6 Å². The van der Waals surface area contributed by atoms with Crippen molar-refractivity contribution in [3.8, 4) is 11.6 Å². The van der Waals surface area contributed by atoms with Gasteiger partial charge in [-0.05, 0) is 36.1 Å². The molecule has 0 saturated carbocycles. The summed E-state index contributed by atoms with van der Waals surface area (Å²) in [5.74, 6) is 1.76. The van der Waals surface area contributed by atoms with Gasteiger partial charge >= 0.3 is 0 Å². The predicted molar refractivity (Wildman–Crippen MR) is 70.8 cm³/mol. The van der Waals surface area contributed by atoms with E-state index in [0.29, 0.717) is 11.8 Å². The molecule has 2 N–H and O–H groups in total. The first kappa shape index (κ1) is 12.4. The molecule has 0 radical (unpaired) electrons. The van der Waals surface area contributed by atoms with Gasteiger partial charge in [-0.1, -0.05) is 19.1 Å². The van der Waals surface area contributed by atoms with E-state index in [1.807, 2.05) is 19.1 Å². The Morgan fingerprint density at radius 2 is 2.06 bits per heavy atom. The van der Waals surface area contributed by atoms with E-state index < -0.39 is 0 Å². The monoisotopic (exact) mass is 246 g/mol. The molecule has 0 aliphatic heterocycles. The van der Waals surface area contributed by atoms with Crippen molar-refractivity contribution in [3.63, 3.8) is 0 Å². The molecule has 1 aromatic heterocycles. The van der Waals surface area contributed by atoms with Crippen LogP contribution in [0.1, 0.15) is 30.9 Å². The number of ether oxygens (including phenoxy) is 1. The second-order valence-electron chi connectivity index (χ2n) is 4.70. The standard InChI is InChI=1S/C13H18N4O/c1-8(2)10-6-11(14)9(3)5-12(10)18-13-7-15-16-17(13)4/h5-8H,14H2,1-4H3. The topological polar surface area (TPSA) is 66.0 Å². The minimum Gasteiger partial charge on any atom is -0.437 e. The van der Waals surface area contributed by atoms with Crippen LogP contribution in [-0.4, -0.2) is 15.0 Å². The number of hydrogen-bond donors (Lipinski definition) is 1. The van der Waals surface area contributed by atoms with Gasteiger partial charge in [0, 0.05) is 12.7 Å². The zero-order valence-corrected chi connectivity index (χ0v) is 11.1. The first-order chi connectivity index (χ1) is 8.49. The van der Waals surface area contributed by atoms with Crippen LogP contribution in [0.3, 0.4) is 0 Å². The van der Waals surface area contributed by atoms with Crippen molar-refractivity contribution >= 4 is 5.69 Å². The Kier molecular flexibility index (Phi) is 3.23. The molecule has 0 aliphatic carbocycles. The Bertz CT molecular complexity index is 560. The van der Waals surface area contributed by atoms with Crippen molar-refractivity contribution in [1.82, 2.24) is 15.0 Å². The SMILES string of the molecule is Cc1cc(Oc2cnnn2C)c(C(C)C)cc1N. The van der Waals surface area contributed by atoms with E-state index in [1.54, 1.807) is 17.9 Å². The normalized spacial score (nSPS) is 10.9. The molecular formula is C13H18N4O. The Morgan fingerprint density at radius 1 is 1.33 bits per heavy atom. The van der Waals surface area contributed by atoms with Crippen molar-refractivity contribution in [2.24, 2.45) is 7.05 Å². The van der Waals surface area contributed by atoms with Gasteiger partial charge in [-0.15, -0.1) is 5.10 Å². The first-order valence-electron chi connectivity index (χ1n) is 5.91. The molecule has 0 saturated heterocycles. The Labute approximate surface area is 107 Å². The molecule has 5 nitrogen and oxygen atoms in total. The number of anilines is 1. The van der Waals surface area contributed by atoms with Crippen LogP contribution in [0, 0.1) is 6.92 Å². The average Bonchev–Trinajstić information content (AvgIpc) is 2.69.